The molecule has 1 heterocycles. The van der Waals surface area contributed by atoms with E-state index in [0.29, 0.717) is 16.9 Å². The van der Waals surface area contributed by atoms with E-state index in [0.717, 1.165) is 25.7 Å². The third kappa shape index (κ3) is 3.51. The van der Waals surface area contributed by atoms with Crippen LogP contribution in [0, 0.1) is 11.8 Å². The van der Waals surface area contributed by atoms with Gasteiger partial charge in [0, 0.05) is 11.3 Å². The Bertz CT molecular complexity index is 975. The first-order valence-corrected chi connectivity index (χ1v) is 9.56. The third-order valence-electron chi connectivity index (χ3n) is 5.58. The van der Waals surface area contributed by atoms with Gasteiger partial charge >= 0.3 is 0 Å². The van der Waals surface area contributed by atoms with Crippen molar-refractivity contribution in [2.75, 3.05) is 10.2 Å². The minimum atomic E-state index is -1.33. The number of hydrogen-bond donors (Lipinski definition) is 1. The van der Waals surface area contributed by atoms with Gasteiger partial charge in [-0.2, -0.15) is 0 Å². The van der Waals surface area contributed by atoms with Gasteiger partial charge in [-0.3, -0.25) is 19.3 Å². The fraction of sp³-hybridized carbons (Fsp3) is 0.273. The van der Waals surface area contributed by atoms with Crippen molar-refractivity contribution in [2.45, 2.75) is 25.7 Å². The second kappa shape index (κ2) is 7.50. The van der Waals surface area contributed by atoms with Gasteiger partial charge in [0.15, 0.2) is 0 Å². The Kier molecular flexibility index (Phi) is 4.88. The van der Waals surface area contributed by atoms with E-state index >= 15 is 0 Å². The van der Waals surface area contributed by atoms with Crippen molar-refractivity contribution in [1.29, 1.82) is 0 Å². The smallest absolute Gasteiger partial charge is 0.255 e. The van der Waals surface area contributed by atoms with Crippen molar-refractivity contribution in [3.63, 3.8) is 0 Å². The Morgan fingerprint density at radius 2 is 1.52 bits per heavy atom. The lowest BCUT2D eigenvalue weighted by Gasteiger charge is -2.19. The molecule has 1 aliphatic carbocycles. The van der Waals surface area contributed by atoms with Crippen molar-refractivity contribution >= 4 is 35.1 Å². The highest BCUT2D eigenvalue weighted by molar-refractivity contribution is 6.22. The van der Waals surface area contributed by atoms with Gasteiger partial charge in [0.2, 0.25) is 11.8 Å². The summed E-state index contributed by atoms with van der Waals surface area (Å²) >= 11 is 0. The van der Waals surface area contributed by atoms with Crippen LogP contribution >= 0.6 is 0 Å². The van der Waals surface area contributed by atoms with E-state index in [2.05, 4.69) is 5.32 Å². The van der Waals surface area contributed by atoms with Crippen LogP contribution in [0.5, 0.6) is 0 Å². The van der Waals surface area contributed by atoms with Crippen LogP contribution < -0.4 is 15.3 Å². The highest BCUT2D eigenvalue weighted by Crippen LogP contribution is 2.40. The first-order valence-electron chi connectivity index (χ1n) is 9.56. The van der Waals surface area contributed by atoms with Gasteiger partial charge < -0.3 is 15.2 Å². The Morgan fingerprint density at radius 1 is 0.897 bits per heavy atom. The molecule has 0 bridgehead atoms. The zero-order valence-electron chi connectivity index (χ0n) is 15.6. The average molecular weight is 391 g/mol. The maximum atomic E-state index is 12.7. The molecule has 4 rings (SSSR count). The van der Waals surface area contributed by atoms with E-state index in [4.69, 9.17) is 0 Å². The van der Waals surface area contributed by atoms with E-state index in [-0.39, 0.29) is 29.2 Å². The molecule has 0 aromatic heterocycles. The molecule has 0 spiro atoms. The van der Waals surface area contributed by atoms with Crippen LogP contribution in [-0.4, -0.2) is 23.7 Å². The molecule has 1 N–H and O–H groups in total. The molecule has 0 radical (unpaired) electrons. The van der Waals surface area contributed by atoms with E-state index in [1.54, 1.807) is 18.2 Å². The van der Waals surface area contributed by atoms with Crippen molar-refractivity contribution in [2.24, 2.45) is 11.8 Å². The third-order valence-corrected chi connectivity index (χ3v) is 5.58. The van der Waals surface area contributed by atoms with Gasteiger partial charge in [-0.15, -0.1) is 0 Å². The van der Waals surface area contributed by atoms with Crippen molar-refractivity contribution in [3.8, 4) is 0 Å². The molecule has 7 heteroatoms. The molecular formula is C22H19N2O5-. The zero-order chi connectivity index (χ0) is 20.5. The molecule has 3 amide bonds. The molecule has 1 aliphatic heterocycles. The Morgan fingerprint density at radius 3 is 2.10 bits per heavy atom. The lowest BCUT2D eigenvalue weighted by Crippen LogP contribution is -2.30. The lowest BCUT2D eigenvalue weighted by molar-refractivity contribution is -0.255. The predicted octanol–water partition coefficient (Wildman–Crippen LogP) is 1.98. The Balaban J connectivity index is 1.50. The number of nitrogens with one attached hydrogen (secondary N) is 1. The molecular weight excluding hydrogens is 372 g/mol. The normalized spacial score (nSPS) is 21.0. The SMILES string of the molecule is O=C([O-])c1cccc(NC(=O)c2ccc(N3C(=O)[C@H]4CCCC[C@@H]4C3=O)cc2)c1. The maximum Gasteiger partial charge on any atom is 0.255 e. The maximum absolute atomic E-state index is 12.7. The Hall–Kier alpha value is -3.48. The number of fused-ring (bicyclic) bond motifs is 1. The molecule has 1 saturated carbocycles. The summed E-state index contributed by atoms with van der Waals surface area (Å²) in [7, 11) is 0. The number of rotatable bonds is 4. The van der Waals surface area contributed by atoms with Crippen LogP contribution in [0.1, 0.15) is 46.4 Å². The molecule has 2 atom stereocenters. The van der Waals surface area contributed by atoms with Crippen molar-refractivity contribution in [1.82, 2.24) is 0 Å². The summed E-state index contributed by atoms with van der Waals surface area (Å²) in [5.74, 6) is -2.52. The molecule has 29 heavy (non-hydrogen) atoms. The van der Waals surface area contributed by atoms with Crippen LogP contribution in [0.3, 0.4) is 0 Å². The van der Waals surface area contributed by atoms with E-state index in [1.165, 1.54) is 35.2 Å². The lowest BCUT2D eigenvalue weighted by atomic mass is 9.81. The number of imide groups is 1. The average Bonchev–Trinajstić information content (AvgIpc) is 2.99. The van der Waals surface area contributed by atoms with Crippen molar-refractivity contribution in [3.05, 3.63) is 59.7 Å². The summed E-state index contributed by atoms with van der Waals surface area (Å²) in [4.78, 5) is 50.0. The molecule has 7 nitrogen and oxygen atoms in total. The van der Waals surface area contributed by atoms with E-state index < -0.39 is 11.9 Å². The fourth-order valence-electron chi connectivity index (χ4n) is 4.11. The molecule has 0 unspecified atom stereocenters. The summed E-state index contributed by atoms with van der Waals surface area (Å²) in [6, 6.07) is 12.0. The summed E-state index contributed by atoms with van der Waals surface area (Å²) in [6.07, 6.45) is 3.42. The molecule has 148 valence electrons. The summed E-state index contributed by atoms with van der Waals surface area (Å²) in [5.41, 5.74) is 1.08. The van der Waals surface area contributed by atoms with Crippen molar-refractivity contribution < 1.29 is 24.3 Å². The highest BCUT2D eigenvalue weighted by Gasteiger charge is 2.48. The predicted molar refractivity (Wildman–Crippen MR) is 103 cm³/mol. The molecule has 1 saturated heterocycles. The largest absolute Gasteiger partial charge is 0.545 e. The molecule has 2 fully saturated rings. The molecule has 2 aliphatic rings. The van der Waals surface area contributed by atoms with E-state index in [1.807, 2.05) is 0 Å². The number of carbonyl (C=O) groups excluding carboxylic acids is 4. The number of hydrogen-bond acceptors (Lipinski definition) is 5. The number of carboxylic acids is 1. The molecule has 2 aromatic carbocycles. The molecule has 2 aromatic rings. The van der Waals surface area contributed by atoms with Gasteiger partial charge in [-0.25, -0.2) is 0 Å². The van der Waals surface area contributed by atoms with Gasteiger partial charge in [0.1, 0.15) is 0 Å². The zero-order valence-corrected chi connectivity index (χ0v) is 15.6. The van der Waals surface area contributed by atoms with Gasteiger partial charge in [-0.1, -0.05) is 25.0 Å². The van der Waals surface area contributed by atoms with E-state index in [9.17, 15) is 24.3 Å². The second-order valence-corrected chi connectivity index (χ2v) is 7.38. The minimum Gasteiger partial charge on any atom is -0.545 e. The number of carbonyl (C=O) groups is 4. The number of aromatic carboxylic acids is 1. The quantitative estimate of drug-likeness (QED) is 0.802. The Labute approximate surface area is 167 Å². The van der Waals surface area contributed by atoms with Gasteiger partial charge in [-0.05, 0) is 54.8 Å². The van der Waals surface area contributed by atoms with Gasteiger partial charge in [0.05, 0.1) is 23.5 Å². The van der Waals surface area contributed by atoms with Crippen LogP contribution in [0.2, 0.25) is 0 Å². The fourth-order valence-corrected chi connectivity index (χ4v) is 4.11. The monoisotopic (exact) mass is 391 g/mol. The second-order valence-electron chi connectivity index (χ2n) is 7.38. The van der Waals surface area contributed by atoms with Crippen LogP contribution in [0.25, 0.3) is 0 Å². The minimum absolute atomic E-state index is 0.0364. The first-order chi connectivity index (χ1) is 14.0. The number of carboxylic acid groups (broad SMARTS) is 1. The van der Waals surface area contributed by atoms with Crippen LogP contribution in [0.4, 0.5) is 11.4 Å². The highest BCUT2D eigenvalue weighted by atomic mass is 16.4. The summed E-state index contributed by atoms with van der Waals surface area (Å²) < 4.78 is 0. The first kappa shape index (κ1) is 18.9. The topological polar surface area (TPSA) is 107 Å². The van der Waals surface area contributed by atoms with Gasteiger partial charge in [0.25, 0.3) is 5.91 Å². The number of amides is 3. The van der Waals surface area contributed by atoms with Crippen LogP contribution in [-0.2, 0) is 9.59 Å². The van der Waals surface area contributed by atoms with Crippen LogP contribution in [0.15, 0.2) is 48.5 Å². The standard InChI is InChI=1S/C22H20N2O5/c25-19(23-15-5-3-4-14(12-15)22(28)29)13-8-10-16(11-9-13)24-20(26)17-6-1-2-7-18(17)21(24)27/h3-5,8-12,17-18H,1-2,6-7H2,(H,23,25)(H,28,29)/p-1/t17-,18-/m0/s1. The number of benzene rings is 2. The number of nitrogens with zero attached hydrogens (tertiary/aromatic N) is 1. The number of anilines is 2. The summed E-state index contributed by atoms with van der Waals surface area (Å²) in [5, 5.41) is 13.6. The summed E-state index contributed by atoms with van der Waals surface area (Å²) in [6.45, 7) is 0.